The quantitative estimate of drug-likeness (QED) is 0.720. The number of oxime groups is 1. The summed E-state index contributed by atoms with van der Waals surface area (Å²) in [6, 6.07) is 6.51. The summed E-state index contributed by atoms with van der Waals surface area (Å²) in [5, 5.41) is 13.6. The number of aliphatic hydroxyl groups is 1. The molecule has 2 aliphatic rings. The van der Waals surface area contributed by atoms with Crippen molar-refractivity contribution in [2.75, 3.05) is 27.1 Å². The highest BCUT2D eigenvalue weighted by Gasteiger charge is 2.37. The minimum absolute atomic E-state index is 0.0529. The number of hydrogen-bond donors (Lipinski definition) is 1. The van der Waals surface area contributed by atoms with E-state index in [0.29, 0.717) is 23.3 Å². The molecule has 1 atom stereocenters. The Morgan fingerprint density at radius 3 is 2.66 bits per heavy atom. The fourth-order valence-electron chi connectivity index (χ4n) is 4.13. The molecule has 4 rings (SSSR count). The number of ether oxygens (including phenoxy) is 2. The van der Waals surface area contributed by atoms with E-state index in [2.05, 4.69) is 5.16 Å². The number of hydrogen-bond acceptors (Lipinski definition) is 6. The van der Waals surface area contributed by atoms with Gasteiger partial charge in [-0.2, -0.15) is 13.2 Å². The number of carbonyl (C=O) groups is 1. The normalized spacial score (nSPS) is 19.0. The van der Waals surface area contributed by atoms with Gasteiger partial charge in [0.15, 0.2) is 11.5 Å². The average molecular weight is 450 g/mol. The van der Waals surface area contributed by atoms with Gasteiger partial charge in [-0.15, -0.1) is 0 Å². The van der Waals surface area contributed by atoms with Crippen molar-refractivity contribution in [2.45, 2.75) is 25.6 Å². The molecule has 2 aliphatic heterocycles. The molecule has 2 heterocycles. The number of amides is 1. The number of benzene rings is 2. The molecule has 0 aliphatic carbocycles. The van der Waals surface area contributed by atoms with Crippen molar-refractivity contribution in [1.82, 2.24) is 4.90 Å². The first-order chi connectivity index (χ1) is 15.3. The van der Waals surface area contributed by atoms with Crippen LogP contribution in [0, 0.1) is 6.92 Å². The lowest BCUT2D eigenvalue weighted by atomic mass is 9.94. The molecule has 1 amide bonds. The average Bonchev–Trinajstić information content (AvgIpc) is 3.39. The van der Waals surface area contributed by atoms with Crippen molar-refractivity contribution in [1.29, 1.82) is 0 Å². The lowest BCUT2D eigenvalue weighted by Crippen LogP contribution is -2.38. The lowest BCUT2D eigenvalue weighted by Gasteiger charge is -2.23. The molecule has 0 saturated carbocycles. The first kappa shape index (κ1) is 21.9. The topological polar surface area (TPSA) is 80.6 Å². The van der Waals surface area contributed by atoms with Gasteiger partial charge in [-0.25, -0.2) is 0 Å². The van der Waals surface area contributed by atoms with E-state index in [9.17, 15) is 23.1 Å². The Labute approximate surface area is 182 Å². The summed E-state index contributed by atoms with van der Waals surface area (Å²) in [6.07, 6.45) is -4.12. The number of fused-ring (bicyclic) bond motifs is 1. The third kappa shape index (κ3) is 3.75. The zero-order chi connectivity index (χ0) is 23.0. The summed E-state index contributed by atoms with van der Waals surface area (Å²) in [5.41, 5.74) is 0.865. The van der Waals surface area contributed by atoms with Crippen LogP contribution in [0.2, 0.25) is 0 Å². The molecule has 1 N–H and O–H groups in total. The standard InChI is InChI=1S/C22H21F3N2O5/c1-12-15(4-3-5-18(12)22(23,24)25)16-6-7-17(20-19(16)31-11-32-20)21(29)27-9-13(26-30-2)8-14(27)10-28/h3-7,14,28H,8-11H2,1-2H3/b26-13+/t14-/m0/s1. The number of alkyl halides is 3. The molecule has 0 aromatic heterocycles. The minimum Gasteiger partial charge on any atom is -0.453 e. The molecule has 2 aromatic rings. The monoisotopic (exact) mass is 450 g/mol. The fraction of sp³-hybridized carbons (Fsp3) is 0.364. The van der Waals surface area contributed by atoms with Crippen LogP contribution in [0.1, 0.15) is 27.9 Å². The number of nitrogens with zero attached hydrogens (tertiary/aromatic N) is 2. The van der Waals surface area contributed by atoms with Gasteiger partial charge in [-0.05, 0) is 36.2 Å². The van der Waals surface area contributed by atoms with Crippen molar-refractivity contribution in [3.63, 3.8) is 0 Å². The highest BCUT2D eigenvalue weighted by molar-refractivity contribution is 6.03. The number of aliphatic hydroxyl groups excluding tert-OH is 1. The van der Waals surface area contributed by atoms with Crippen molar-refractivity contribution < 1.29 is 37.4 Å². The molecule has 170 valence electrons. The van der Waals surface area contributed by atoms with Gasteiger partial charge in [0.25, 0.3) is 5.91 Å². The Morgan fingerprint density at radius 2 is 1.97 bits per heavy atom. The number of carbonyl (C=O) groups excluding carboxylic acids is 1. The molecule has 10 heteroatoms. The summed E-state index contributed by atoms with van der Waals surface area (Å²) < 4.78 is 51.2. The van der Waals surface area contributed by atoms with Gasteiger partial charge >= 0.3 is 6.18 Å². The molecule has 0 bridgehead atoms. The maximum atomic E-state index is 13.4. The number of likely N-dealkylation sites (tertiary alicyclic amines) is 1. The molecule has 0 radical (unpaired) electrons. The highest BCUT2D eigenvalue weighted by Crippen LogP contribution is 2.46. The van der Waals surface area contributed by atoms with Crippen LogP contribution in [0.5, 0.6) is 11.5 Å². The molecule has 2 aromatic carbocycles. The predicted octanol–water partition coefficient (Wildman–Crippen LogP) is 3.62. The van der Waals surface area contributed by atoms with Crippen LogP contribution >= 0.6 is 0 Å². The van der Waals surface area contributed by atoms with Crippen LogP contribution in [0.4, 0.5) is 13.2 Å². The molecule has 1 fully saturated rings. The van der Waals surface area contributed by atoms with E-state index in [-0.39, 0.29) is 42.6 Å². The van der Waals surface area contributed by atoms with E-state index in [1.54, 1.807) is 12.1 Å². The maximum Gasteiger partial charge on any atom is 0.416 e. The summed E-state index contributed by atoms with van der Waals surface area (Å²) in [5.74, 6) is -0.0265. The Balaban J connectivity index is 1.75. The Hall–Kier alpha value is -3.27. The summed E-state index contributed by atoms with van der Waals surface area (Å²) >= 11 is 0. The van der Waals surface area contributed by atoms with Crippen molar-refractivity contribution >= 4 is 11.6 Å². The van der Waals surface area contributed by atoms with Gasteiger partial charge in [-0.1, -0.05) is 17.3 Å². The van der Waals surface area contributed by atoms with E-state index < -0.39 is 23.7 Å². The van der Waals surface area contributed by atoms with Gasteiger partial charge < -0.3 is 24.3 Å². The van der Waals surface area contributed by atoms with Crippen LogP contribution < -0.4 is 9.47 Å². The van der Waals surface area contributed by atoms with Crippen molar-refractivity contribution in [2.24, 2.45) is 5.16 Å². The van der Waals surface area contributed by atoms with Gasteiger partial charge in [0, 0.05) is 12.0 Å². The molecule has 0 spiro atoms. The smallest absolute Gasteiger partial charge is 0.416 e. The van der Waals surface area contributed by atoms with Crippen LogP contribution in [-0.2, 0) is 11.0 Å². The largest absolute Gasteiger partial charge is 0.453 e. The van der Waals surface area contributed by atoms with Gasteiger partial charge in [0.2, 0.25) is 6.79 Å². The predicted molar refractivity (Wildman–Crippen MR) is 109 cm³/mol. The molecular formula is C22H21F3N2O5. The fourth-order valence-corrected chi connectivity index (χ4v) is 4.13. The number of halogens is 3. The second kappa shape index (κ2) is 8.34. The molecule has 7 nitrogen and oxygen atoms in total. The van der Waals surface area contributed by atoms with Crippen LogP contribution in [0.3, 0.4) is 0 Å². The summed E-state index contributed by atoms with van der Waals surface area (Å²) in [7, 11) is 1.40. The second-order valence-electron chi connectivity index (χ2n) is 7.52. The molecular weight excluding hydrogens is 429 g/mol. The summed E-state index contributed by atoms with van der Waals surface area (Å²) in [6.45, 7) is 1.16. The van der Waals surface area contributed by atoms with Crippen LogP contribution in [0.15, 0.2) is 35.5 Å². The Bertz CT molecular complexity index is 1080. The maximum absolute atomic E-state index is 13.4. The van der Waals surface area contributed by atoms with Crippen molar-refractivity contribution in [3.05, 3.63) is 47.0 Å². The molecule has 1 saturated heterocycles. The Morgan fingerprint density at radius 1 is 1.22 bits per heavy atom. The lowest BCUT2D eigenvalue weighted by molar-refractivity contribution is -0.138. The third-order valence-corrected chi connectivity index (χ3v) is 5.64. The van der Waals surface area contributed by atoms with Gasteiger partial charge in [0.05, 0.1) is 36.0 Å². The third-order valence-electron chi connectivity index (χ3n) is 5.64. The first-order valence-electron chi connectivity index (χ1n) is 9.86. The second-order valence-corrected chi connectivity index (χ2v) is 7.52. The zero-order valence-electron chi connectivity index (χ0n) is 17.4. The van der Waals surface area contributed by atoms with E-state index in [4.69, 9.17) is 14.3 Å². The SMILES string of the molecule is CO/N=C1\C[C@@H](CO)N(C(=O)c2ccc(-c3cccc(C(F)(F)F)c3C)c3c2OCO3)C1. The summed E-state index contributed by atoms with van der Waals surface area (Å²) in [4.78, 5) is 19.5. The van der Waals surface area contributed by atoms with Gasteiger partial charge in [-0.3, -0.25) is 4.79 Å². The van der Waals surface area contributed by atoms with Crippen molar-refractivity contribution in [3.8, 4) is 22.6 Å². The highest BCUT2D eigenvalue weighted by atomic mass is 19.4. The molecule has 0 unspecified atom stereocenters. The first-order valence-corrected chi connectivity index (χ1v) is 9.86. The van der Waals surface area contributed by atoms with E-state index in [1.165, 1.54) is 31.1 Å². The van der Waals surface area contributed by atoms with E-state index >= 15 is 0 Å². The van der Waals surface area contributed by atoms with Gasteiger partial charge in [0.1, 0.15) is 7.11 Å². The van der Waals surface area contributed by atoms with Crippen LogP contribution in [0.25, 0.3) is 11.1 Å². The van der Waals surface area contributed by atoms with Crippen LogP contribution in [-0.4, -0.2) is 54.7 Å². The Kier molecular flexibility index (Phi) is 5.72. The minimum atomic E-state index is -4.49. The zero-order valence-corrected chi connectivity index (χ0v) is 17.4. The van der Waals surface area contributed by atoms with E-state index in [1.807, 2.05) is 0 Å². The molecule has 32 heavy (non-hydrogen) atoms. The number of rotatable bonds is 4. The van der Waals surface area contributed by atoms with E-state index in [0.717, 1.165) is 6.07 Å².